The lowest BCUT2D eigenvalue weighted by atomic mass is 9.76. The molecule has 11 heteroatoms. The fourth-order valence-corrected chi connectivity index (χ4v) is 6.69. The lowest BCUT2D eigenvalue weighted by molar-refractivity contribution is -0.126. The summed E-state index contributed by atoms with van der Waals surface area (Å²) >= 11 is 1.11. The molecule has 2 fully saturated rings. The summed E-state index contributed by atoms with van der Waals surface area (Å²) in [7, 11) is 1.69. The van der Waals surface area contributed by atoms with Gasteiger partial charge in [0.05, 0.1) is 31.2 Å². The number of fused-ring (bicyclic) bond motifs is 1. The Bertz CT molecular complexity index is 1170. The molecule has 0 saturated carbocycles. The third-order valence-electron chi connectivity index (χ3n) is 7.09. The lowest BCUT2D eigenvalue weighted by Gasteiger charge is -2.52. The summed E-state index contributed by atoms with van der Waals surface area (Å²) in [6, 6.07) is 1.93. The summed E-state index contributed by atoms with van der Waals surface area (Å²) in [5, 5.41) is 5.24. The molecule has 0 radical (unpaired) electrons. The van der Waals surface area contributed by atoms with Crippen molar-refractivity contribution in [1.29, 1.82) is 0 Å². The number of alkyl halides is 3. The predicted octanol–water partition coefficient (Wildman–Crippen LogP) is 4.55. The minimum Gasteiger partial charge on any atom is -0.383 e. The lowest BCUT2D eigenvalue weighted by Crippen LogP contribution is -2.59. The SMILES string of the molecule is COCCn1cc(C(C(C)C)N2CC3(CCN(c4ncnc5sc(CC(F)(F)F)cc45)C3)C2)cn1. The Hall–Kier alpha value is -2.24. The van der Waals surface area contributed by atoms with Crippen LogP contribution in [0.5, 0.6) is 0 Å². The van der Waals surface area contributed by atoms with E-state index in [0.717, 1.165) is 61.7 Å². The average Bonchev–Trinajstić information content (AvgIpc) is 3.48. The number of hydrogen-bond donors (Lipinski definition) is 0. The van der Waals surface area contributed by atoms with Gasteiger partial charge in [-0.05, 0) is 18.4 Å². The number of methoxy groups -OCH3 is 1. The van der Waals surface area contributed by atoms with Crippen LogP contribution < -0.4 is 4.90 Å². The average molecular weight is 509 g/mol. The number of aromatic nitrogens is 4. The van der Waals surface area contributed by atoms with E-state index in [0.29, 0.717) is 23.4 Å². The maximum Gasteiger partial charge on any atom is 0.393 e. The minimum absolute atomic E-state index is 0.182. The molecule has 1 spiro atoms. The summed E-state index contributed by atoms with van der Waals surface area (Å²) in [4.78, 5) is 14.4. The first-order chi connectivity index (χ1) is 16.7. The topological polar surface area (TPSA) is 59.3 Å². The van der Waals surface area contributed by atoms with Crippen molar-refractivity contribution < 1.29 is 17.9 Å². The van der Waals surface area contributed by atoms with E-state index in [1.807, 2.05) is 10.9 Å². The third kappa shape index (κ3) is 5.03. The Morgan fingerprint density at radius 3 is 2.71 bits per heavy atom. The van der Waals surface area contributed by atoms with Crippen LogP contribution in [0.2, 0.25) is 0 Å². The molecule has 5 rings (SSSR count). The quantitative estimate of drug-likeness (QED) is 0.445. The van der Waals surface area contributed by atoms with Crippen molar-refractivity contribution in [2.75, 3.05) is 44.8 Å². The first-order valence-electron chi connectivity index (χ1n) is 12.0. The molecule has 2 aliphatic rings. The Labute approximate surface area is 206 Å². The van der Waals surface area contributed by atoms with Crippen LogP contribution in [0.4, 0.5) is 19.0 Å². The molecule has 2 saturated heterocycles. The molecule has 35 heavy (non-hydrogen) atoms. The van der Waals surface area contributed by atoms with E-state index < -0.39 is 12.6 Å². The molecule has 3 aromatic heterocycles. The highest BCUT2D eigenvalue weighted by atomic mass is 32.1. The first kappa shape index (κ1) is 24.5. The number of thiophene rings is 1. The zero-order chi connectivity index (χ0) is 24.8. The molecule has 0 bridgehead atoms. The molecule has 0 aliphatic carbocycles. The molecule has 3 aromatic rings. The Morgan fingerprint density at radius 1 is 1.20 bits per heavy atom. The van der Waals surface area contributed by atoms with Crippen LogP contribution >= 0.6 is 11.3 Å². The summed E-state index contributed by atoms with van der Waals surface area (Å²) < 4.78 is 45.8. The van der Waals surface area contributed by atoms with Crippen molar-refractivity contribution in [2.24, 2.45) is 11.3 Å². The maximum absolute atomic E-state index is 12.9. The number of hydrogen-bond acceptors (Lipinski definition) is 7. The number of anilines is 1. The van der Waals surface area contributed by atoms with Crippen LogP contribution in [0, 0.1) is 11.3 Å². The number of ether oxygens (including phenoxy) is 1. The first-order valence-corrected chi connectivity index (χ1v) is 12.8. The second-order valence-electron chi connectivity index (χ2n) is 10.2. The van der Waals surface area contributed by atoms with Gasteiger partial charge in [0.15, 0.2) is 0 Å². The summed E-state index contributed by atoms with van der Waals surface area (Å²) in [5.74, 6) is 1.21. The fraction of sp³-hybridized carbons (Fsp3) is 0.625. The van der Waals surface area contributed by atoms with Crippen LogP contribution in [-0.4, -0.2) is 70.7 Å². The summed E-state index contributed by atoms with van der Waals surface area (Å²) in [6.07, 6.45) is 1.47. The number of rotatable bonds is 8. The van der Waals surface area contributed by atoms with Crippen LogP contribution in [0.1, 0.15) is 36.8 Å². The van der Waals surface area contributed by atoms with Gasteiger partial charge in [-0.1, -0.05) is 13.8 Å². The van der Waals surface area contributed by atoms with Gasteiger partial charge in [0.1, 0.15) is 17.0 Å². The predicted molar refractivity (Wildman–Crippen MR) is 130 cm³/mol. The Morgan fingerprint density at radius 2 is 2.00 bits per heavy atom. The van der Waals surface area contributed by atoms with E-state index in [9.17, 15) is 13.2 Å². The van der Waals surface area contributed by atoms with E-state index in [1.54, 1.807) is 13.2 Å². The van der Waals surface area contributed by atoms with Crippen molar-refractivity contribution in [1.82, 2.24) is 24.6 Å². The van der Waals surface area contributed by atoms with Crippen LogP contribution in [0.15, 0.2) is 24.8 Å². The normalized spacial score (nSPS) is 19.2. The molecule has 1 unspecified atom stereocenters. The molecule has 2 aliphatic heterocycles. The zero-order valence-corrected chi connectivity index (χ0v) is 21.1. The minimum atomic E-state index is -4.23. The van der Waals surface area contributed by atoms with Crippen LogP contribution in [0.25, 0.3) is 10.2 Å². The van der Waals surface area contributed by atoms with Gasteiger partial charge in [-0.15, -0.1) is 11.3 Å². The van der Waals surface area contributed by atoms with Crippen molar-refractivity contribution in [3.8, 4) is 0 Å². The summed E-state index contributed by atoms with van der Waals surface area (Å²) in [6.45, 7) is 9.56. The number of halogens is 3. The van der Waals surface area contributed by atoms with Gasteiger partial charge < -0.3 is 9.64 Å². The molecular weight excluding hydrogens is 477 g/mol. The maximum atomic E-state index is 12.9. The monoisotopic (exact) mass is 508 g/mol. The highest BCUT2D eigenvalue weighted by Crippen LogP contribution is 2.47. The van der Waals surface area contributed by atoms with Crippen molar-refractivity contribution in [3.05, 3.63) is 35.2 Å². The Kier molecular flexibility index (Phi) is 6.52. The van der Waals surface area contributed by atoms with Gasteiger partial charge >= 0.3 is 6.18 Å². The van der Waals surface area contributed by atoms with Gasteiger partial charge in [-0.2, -0.15) is 18.3 Å². The second-order valence-corrected chi connectivity index (χ2v) is 11.3. The van der Waals surface area contributed by atoms with Gasteiger partial charge in [0, 0.05) is 61.4 Å². The highest BCUT2D eigenvalue weighted by molar-refractivity contribution is 7.18. The molecule has 0 amide bonds. The van der Waals surface area contributed by atoms with Gasteiger partial charge in [-0.3, -0.25) is 9.58 Å². The fourth-order valence-electron chi connectivity index (χ4n) is 5.67. The standard InChI is InChI=1S/C24H31F3N6OS/c1-16(2)20(17-10-30-33(11-17)6-7-34-3)32-13-23(14-32)4-5-31(12-23)21-19-8-18(9-24(25,26)27)35-22(19)29-15-28-21/h8,10-11,15-16,20H,4-7,9,12-14H2,1-3H3. The molecule has 0 aromatic carbocycles. The van der Waals surface area contributed by atoms with Gasteiger partial charge in [-0.25, -0.2) is 9.97 Å². The molecule has 0 N–H and O–H groups in total. The van der Waals surface area contributed by atoms with Crippen molar-refractivity contribution >= 4 is 27.4 Å². The second kappa shape index (κ2) is 9.33. The Balaban J connectivity index is 1.28. The molecule has 190 valence electrons. The third-order valence-corrected chi connectivity index (χ3v) is 8.14. The molecular formula is C24H31F3N6OS. The van der Waals surface area contributed by atoms with Gasteiger partial charge in [0.25, 0.3) is 0 Å². The summed E-state index contributed by atoms with van der Waals surface area (Å²) in [5.41, 5.74) is 1.41. The van der Waals surface area contributed by atoms with Crippen LogP contribution in [0.3, 0.4) is 0 Å². The van der Waals surface area contributed by atoms with E-state index in [1.165, 1.54) is 11.9 Å². The van der Waals surface area contributed by atoms with E-state index in [2.05, 4.69) is 44.9 Å². The van der Waals surface area contributed by atoms with E-state index >= 15 is 0 Å². The number of likely N-dealkylation sites (tertiary alicyclic amines) is 1. The number of nitrogens with zero attached hydrogens (tertiary/aromatic N) is 6. The molecule has 7 nitrogen and oxygen atoms in total. The van der Waals surface area contributed by atoms with Crippen molar-refractivity contribution in [3.63, 3.8) is 0 Å². The van der Waals surface area contributed by atoms with Crippen molar-refractivity contribution in [2.45, 2.75) is 45.5 Å². The molecule has 5 heterocycles. The molecule has 1 atom stereocenters. The van der Waals surface area contributed by atoms with E-state index in [4.69, 9.17) is 4.74 Å². The largest absolute Gasteiger partial charge is 0.393 e. The smallest absolute Gasteiger partial charge is 0.383 e. The zero-order valence-electron chi connectivity index (χ0n) is 20.3. The van der Waals surface area contributed by atoms with Crippen LogP contribution in [-0.2, 0) is 17.7 Å². The van der Waals surface area contributed by atoms with E-state index in [-0.39, 0.29) is 10.3 Å². The van der Waals surface area contributed by atoms with Gasteiger partial charge in [0.2, 0.25) is 0 Å². The highest BCUT2D eigenvalue weighted by Gasteiger charge is 2.50.